The average Bonchev–Trinajstić information content (AvgIpc) is 2.85. The van der Waals surface area contributed by atoms with E-state index >= 15 is 0 Å². The molecule has 2 N–H and O–H groups in total. The van der Waals surface area contributed by atoms with Crippen molar-refractivity contribution in [3.63, 3.8) is 0 Å². The van der Waals surface area contributed by atoms with Crippen LogP contribution in [0.1, 0.15) is 66.7 Å². The Bertz CT molecular complexity index is 582. The van der Waals surface area contributed by atoms with Gasteiger partial charge in [-0.3, -0.25) is 4.79 Å². The lowest BCUT2D eigenvalue weighted by molar-refractivity contribution is -0.287. The molecule has 0 spiro atoms. The number of carbonyl (C=O) groups excluding carboxylic acids is 1. The summed E-state index contributed by atoms with van der Waals surface area (Å²) >= 11 is 0. The highest BCUT2D eigenvalue weighted by molar-refractivity contribution is 5.93. The maximum atomic E-state index is 11.8. The Balaban J connectivity index is 2.04. The van der Waals surface area contributed by atoms with Crippen LogP contribution in [0.3, 0.4) is 0 Å². The molecule has 3 fully saturated rings. The molecule has 3 aliphatic rings. The summed E-state index contributed by atoms with van der Waals surface area (Å²) in [4.78, 5) is 11.8. The molecule has 4 heteroatoms. The van der Waals surface area contributed by atoms with Crippen molar-refractivity contribution in [3.8, 4) is 0 Å². The van der Waals surface area contributed by atoms with E-state index in [1.54, 1.807) is 0 Å². The third-order valence-corrected chi connectivity index (χ3v) is 7.89. The van der Waals surface area contributed by atoms with Crippen LogP contribution in [0.2, 0.25) is 0 Å². The molecule has 0 radical (unpaired) electrons. The van der Waals surface area contributed by atoms with Crippen LogP contribution in [0.15, 0.2) is 12.2 Å². The highest BCUT2D eigenvalue weighted by Crippen LogP contribution is 2.67. The van der Waals surface area contributed by atoms with Gasteiger partial charge < -0.3 is 14.9 Å². The molecule has 6 atom stereocenters. The van der Waals surface area contributed by atoms with Crippen molar-refractivity contribution in [2.24, 2.45) is 16.7 Å². The number of fused-ring (bicyclic) bond motifs is 3. The number of carbonyl (C=O) groups is 1. The highest BCUT2D eigenvalue weighted by atomic mass is 16.5. The second-order valence-corrected chi connectivity index (χ2v) is 9.37. The number of Topliss-reactive ketones (excluding diaryl/α,β-unsaturated/α-hetero) is 1. The third kappa shape index (κ3) is 2.06. The topological polar surface area (TPSA) is 66.8 Å². The average molecular weight is 336 g/mol. The van der Waals surface area contributed by atoms with Gasteiger partial charge in [0.15, 0.2) is 5.78 Å². The monoisotopic (exact) mass is 336 g/mol. The summed E-state index contributed by atoms with van der Waals surface area (Å²) in [5.74, 6) is -0.0494. The van der Waals surface area contributed by atoms with Crippen LogP contribution in [0, 0.1) is 16.7 Å². The minimum Gasteiger partial charge on any atom is -0.392 e. The van der Waals surface area contributed by atoms with Gasteiger partial charge in [-0.2, -0.15) is 0 Å². The predicted molar refractivity (Wildman–Crippen MR) is 92.5 cm³/mol. The Kier molecular flexibility index (Phi) is 3.88. The lowest BCUT2D eigenvalue weighted by atomic mass is 9.42. The predicted octanol–water partition coefficient (Wildman–Crippen LogP) is 3.01. The molecular weight excluding hydrogens is 304 g/mol. The number of ether oxygens (including phenoxy) is 1. The van der Waals surface area contributed by atoms with Crippen LogP contribution in [-0.4, -0.2) is 39.4 Å². The summed E-state index contributed by atoms with van der Waals surface area (Å²) in [6, 6.07) is 0. The Morgan fingerprint density at radius 2 is 1.79 bits per heavy atom. The maximum Gasteiger partial charge on any atom is 0.157 e. The van der Waals surface area contributed by atoms with Crippen LogP contribution in [-0.2, 0) is 9.53 Å². The van der Waals surface area contributed by atoms with E-state index in [1.807, 2.05) is 6.92 Å². The molecule has 2 saturated carbocycles. The van der Waals surface area contributed by atoms with E-state index in [4.69, 9.17) is 4.74 Å². The number of aliphatic hydroxyl groups excluding tert-OH is 1. The first-order chi connectivity index (χ1) is 10.9. The van der Waals surface area contributed by atoms with E-state index in [2.05, 4.69) is 27.4 Å². The molecule has 0 aromatic rings. The summed E-state index contributed by atoms with van der Waals surface area (Å²) in [6.45, 7) is 13.8. The molecule has 3 rings (SSSR count). The Labute approximate surface area is 145 Å². The van der Waals surface area contributed by atoms with E-state index in [0.717, 1.165) is 12.8 Å². The smallest absolute Gasteiger partial charge is 0.157 e. The van der Waals surface area contributed by atoms with Crippen LogP contribution < -0.4 is 0 Å². The molecule has 24 heavy (non-hydrogen) atoms. The van der Waals surface area contributed by atoms with Crippen LogP contribution in [0.4, 0.5) is 0 Å². The SMILES string of the molecule is C=C(C(C)=O)[C@@H]1C[C@@H]2[C@@]3(C)[C@@H](O)CCC(C)(C)[C@]3(O)CC[C@@]2(C)O1. The molecule has 0 unspecified atom stereocenters. The molecule has 136 valence electrons. The summed E-state index contributed by atoms with van der Waals surface area (Å²) in [7, 11) is 0. The number of hydrogen-bond donors (Lipinski definition) is 2. The maximum absolute atomic E-state index is 11.8. The lowest BCUT2D eigenvalue weighted by Gasteiger charge is -2.66. The molecule has 0 bridgehead atoms. The van der Waals surface area contributed by atoms with Gasteiger partial charge in [-0.05, 0) is 51.4 Å². The fourth-order valence-corrected chi connectivity index (χ4v) is 6.04. The second kappa shape index (κ2) is 5.15. The third-order valence-electron chi connectivity index (χ3n) is 7.89. The van der Waals surface area contributed by atoms with E-state index in [-0.39, 0.29) is 23.2 Å². The van der Waals surface area contributed by atoms with E-state index < -0.39 is 22.7 Å². The van der Waals surface area contributed by atoms with Gasteiger partial charge in [0.05, 0.1) is 23.4 Å². The van der Waals surface area contributed by atoms with Crippen LogP contribution in [0.5, 0.6) is 0 Å². The quantitative estimate of drug-likeness (QED) is 0.761. The molecule has 1 aliphatic heterocycles. The number of ketones is 1. The Morgan fingerprint density at radius 3 is 2.38 bits per heavy atom. The van der Waals surface area contributed by atoms with Crippen molar-refractivity contribution in [2.45, 2.75) is 90.1 Å². The zero-order chi connectivity index (χ0) is 18.1. The standard InChI is InChI=1S/C20H32O4/c1-12(13(2)21)14-11-15-18(5,24-14)9-10-20(23)17(3,4)8-7-16(22)19(15,20)6/h14-16,22-23H,1,7-11H2,2-6H3/t14-,15-,16-,18+,19-,20+/m0/s1. The van der Waals surface area contributed by atoms with Gasteiger partial charge in [-0.1, -0.05) is 27.4 Å². The zero-order valence-corrected chi connectivity index (χ0v) is 15.7. The van der Waals surface area contributed by atoms with Crippen molar-refractivity contribution in [1.82, 2.24) is 0 Å². The highest BCUT2D eigenvalue weighted by Gasteiger charge is 2.71. The van der Waals surface area contributed by atoms with Crippen LogP contribution in [0.25, 0.3) is 0 Å². The molecule has 0 aromatic heterocycles. The molecule has 1 saturated heterocycles. The molecule has 4 nitrogen and oxygen atoms in total. The minimum absolute atomic E-state index is 0.000532. The van der Waals surface area contributed by atoms with Gasteiger partial charge in [0, 0.05) is 16.9 Å². The fraction of sp³-hybridized carbons (Fsp3) is 0.850. The first kappa shape index (κ1) is 18.1. The van der Waals surface area contributed by atoms with Gasteiger partial charge in [-0.25, -0.2) is 0 Å². The van der Waals surface area contributed by atoms with E-state index in [0.29, 0.717) is 24.8 Å². The van der Waals surface area contributed by atoms with Gasteiger partial charge in [-0.15, -0.1) is 0 Å². The number of hydrogen-bond acceptors (Lipinski definition) is 4. The summed E-state index contributed by atoms with van der Waals surface area (Å²) in [6.07, 6.45) is 2.62. The Hall–Kier alpha value is -0.710. The van der Waals surface area contributed by atoms with Gasteiger partial charge in [0.1, 0.15) is 0 Å². The summed E-state index contributed by atoms with van der Waals surface area (Å²) in [5.41, 5.74) is -1.76. The first-order valence-corrected chi connectivity index (χ1v) is 9.17. The van der Waals surface area contributed by atoms with Crippen LogP contribution >= 0.6 is 0 Å². The Morgan fingerprint density at radius 1 is 1.17 bits per heavy atom. The second-order valence-electron chi connectivity index (χ2n) is 9.37. The fourth-order valence-electron chi connectivity index (χ4n) is 6.04. The van der Waals surface area contributed by atoms with Gasteiger partial charge in [0.2, 0.25) is 0 Å². The van der Waals surface area contributed by atoms with Crippen molar-refractivity contribution >= 4 is 5.78 Å². The molecule has 1 heterocycles. The minimum atomic E-state index is -0.933. The molecule has 0 aromatic carbocycles. The first-order valence-electron chi connectivity index (χ1n) is 9.17. The van der Waals surface area contributed by atoms with Crippen molar-refractivity contribution < 1.29 is 19.7 Å². The molecular formula is C20H32O4. The zero-order valence-electron chi connectivity index (χ0n) is 15.7. The lowest BCUT2D eigenvalue weighted by Crippen LogP contribution is -2.71. The summed E-state index contributed by atoms with van der Waals surface area (Å²) < 4.78 is 6.31. The molecule has 0 amide bonds. The summed E-state index contributed by atoms with van der Waals surface area (Å²) in [5, 5.41) is 22.7. The normalized spacial score (nSPS) is 50.0. The van der Waals surface area contributed by atoms with E-state index in [9.17, 15) is 15.0 Å². The van der Waals surface area contributed by atoms with Crippen molar-refractivity contribution in [2.75, 3.05) is 0 Å². The number of aliphatic hydroxyl groups is 2. The number of rotatable bonds is 2. The van der Waals surface area contributed by atoms with Gasteiger partial charge >= 0.3 is 0 Å². The molecule has 2 aliphatic carbocycles. The largest absolute Gasteiger partial charge is 0.392 e. The van der Waals surface area contributed by atoms with Crippen molar-refractivity contribution in [3.05, 3.63) is 12.2 Å². The van der Waals surface area contributed by atoms with E-state index in [1.165, 1.54) is 6.92 Å². The van der Waals surface area contributed by atoms with Crippen molar-refractivity contribution in [1.29, 1.82) is 0 Å². The van der Waals surface area contributed by atoms with Gasteiger partial charge in [0.25, 0.3) is 0 Å².